The van der Waals surface area contributed by atoms with Gasteiger partial charge in [0.25, 0.3) is 0 Å². The van der Waals surface area contributed by atoms with Gasteiger partial charge in [-0.25, -0.2) is 18.4 Å². The summed E-state index contributed by atoms with van der Waals surface area (Å²) < 4.78 is 47.4. The molecule has 0 saturated carbocycles. The maximum Gasteiger partial charge on any atom is 0.658 e. The van der Waals surface area contributed by atoms with E-state index in [0.717, 1.165) is 19.8 Å². The monoisotopic (exact) mass is 377 g/mol. The number of hydrogen-bond acceptors (Lipinski definition) is 6. The highest BCUT2D eigenvalue weighted by molar-refractivity contribution is 6.20. The molecule has 0 spiro atoms. The molecule has 0 fully saturated rings. The van der Waals surface area contributed by atoms with E-state index in [1.54, 1.807) is 13.8 Å². The van der Waals surface area contributed by atoms with Crippen LogP contribution in [0.3, 0.4) is 0 Å². The van der Waals surface area contributed by atoms with Crippen molar-refractivity contribution in [3.63, 3.8) is 0 Å². The molecule has 1 radical (unpaired) electrons. The van der Waals surface area contributed by atoms with Crippen LogP contribution < -0.4 is 9.31 Å². The zero-order valence-electron chi connectivity index (χ0n) is 14.7. The summed E-state index contributed by atoms with van der Waals surface area (Å²) in [5, 5.41) is 0. The minimum Gasteiger partial charge on any atom is -0.526 e. The van der Waals surface area contributed by atoms with Crippen LogP contribution in [0.25, 0.3) is 0 Å². The van der Waals surface area contributed by atoms with Crippen molar-refractivity contribution < 1.29 is 37.2 Å². The van der Waals surface area contributed by atoms with E-state index < -0.39 is 23.6 Å². The largest absolute Gasteiger partial charge is 0.658 e. The third-order valence-corrected chi connectivity index (χ3v) is 3.24. The first kappa shape index (κ1) is 20.2. The molecule has 0 aromatic heterocycles. The minimum atomic E-state index is -0.816. The molecule has 0 bridgehead atoms. The van der Waals surface area contributed by atoms with Gasteiger partial charge in [0.15, 0.2) is 0 Å². The topological polar surface area (TPSA) is 71.1 Å². The summed E-state index contributed by atoms with van der Waals surface area (Å²) >= 11 is 0. The second-order valence-electron chi connectivity index (χ2n) is 5.06. The first-order valence-electron chi connectivity index (χ1n) is 8.04. The minimum absolute atomic E-state index is 0.0594. The standard InChI is InChI=1S/C18H16BF2O6/c1-3-24-17(22)13-7-5-11(9-15(13)20)26-19-27-12-6-8-14(16(21)10-12)18(23)25-4-2/h5-10H,3-4H2,1-2H3. The molecule has 0 N–H and O–H groups in total. The molecule has 141 valence electrons. The molecular formula is C18H16BF2O6. The number of halogens is 2. The highest BCUT2D eigenvalue weighted by Crippen LogP contribution is 2.19. The third kappa shape index (κ3) is 5.44. The summed E-state index contributed by atoms with van der Waals surface area (Å²) in [6, 6.07) is 7.08. The predicted octanol–water partition coefficient (Wildman–Crippen LogP) is 3.31. The van der Waals surface area contributed by atoms with Crippen LogP contribution in [0, 0.1) is 11.6 Å². The Morgan fingerprint density at radius 1 is 0.815 bits per heavy atom. The van der Waals surface area contributed by atoms with E-state index in [0.29, 0.717) is 0 Å². The van der Waals surface area contributed by atoms with Gasteiger partial charge in [0.2, 0.25) is 0 Å². The van der Waals surface area contributed by atoms with E-state index in [-0.39, 0.29) is 35.8 Å². The van der Waals surface area contributed by atoms with E-state index in [4.69, 9.17) is 18.8 Å². The van der Waals surface area contributed by atoms with Crippen LogP contribution in [0.2, 0.25) is 0 Å². The van der Waals surface area contributed by atoms with E-state index in [9.17, 15) is 18.4 Å². The Balaban J connectivity index is 1.94. The van der Waals surface area contributed by atoms with Crippen molar-refractivity contribution in [2.45, 2.75) is 13.8 Å². The molecule has 2 aromatic carbocycles. The Bertz CT molecular complexity index is 760. The molecule has 9 heteroatoms. The van der Waals surface area contributed by atoms with Gasteiger partial charge in [-0.05, 0) is 38.1 Å². The second kappa shape index (κ2) is 9.56. The summed E-state index contributed by atoms with van der Waals surface area (Å²) in [5.74, 6) is -3.07. The number of benzene rings is 2. The van der Waals surface area contributed by atoms with Gasteiger partial charge in [-0.2, -0.15) is 0 Å². The Hall–Kier alpha value is -3.10. The number of carbonyl (C=O) groups excluding carboxylic acids is 2. The van der Waals surface area contributed by atoms with Crippen LogP contribution in [0.5, 0.6) is 11.5 Å². The molecule has 0 heterocycles. The number of carbonyl (C=O) groups is 2. The van der Waals surface area contributed by atoms with Crippen LogP contribution in [0.4, 0.5) is 8.78 Å². The predicted molar refractivity (Wildman–Crippen MR) is 91.7 cm³/mol. The zero-order valence-corrected chi connectivity index (χ0v) is 14.7. The van der Waals surface area contributed by atoms with Crippen molar-refractivity contribution in [2.75, 3.05) is 13.2 Å². The first-order chi connectivity index (χ1) is 13.0. The lowest BCUT2D eigenvalue weighted by Crippen LogP contribution is -2.13. The van der Waals surface area contributed by atoms with E-state index in [1.165, 1.54) is 24.3 Å². The van der Waals surface area contributed by atoms with Crippen molar-refractivity contribution in [1.82, 2.24) is 0 Å². The lowest BCUT2D eigenvalue weighted by Gasteiger charge is -2.09. The van der Waals surface area contributed by atoms with Gasteiger partial charge >= 0.3 is 19.6 Å². The molecular weight excluding hydrogens is 361 g/mol. The average molecular weight is 377 g/mol. The van der Waals surface area contributed by atoms with Crippen LogP contribution in [-0.4, -0.2) is 32.8 Å². The smallest absolute Gasteiger partial charge is 0.526 e. The molecule has 0 saturated heterocycles. The number of hydrogen-bond donors (Lipinski definition) is 0. The number of rotatable bonds is 8. The maximum atomic E-state index is 13.9. The number of esters is 2. The van der Waals surface area contributed by atoms with Crippen LogP contribution >= 0.6 is 0 Å². The van der Waals surface area contributed by atoms with Crippen LogP contribution in [0.15, 0.2) is 36.4 Å². The molecule has 0 aliphatic heterocycles. The van der Waals surface area contributed by atoms with E-state index in [1.807, 2.05) is 0 Å². The normalized spacial score (nSPS) is 10.1. The van der Waals surface area contributed by atoms with Crippen molar-refractivity contribution in [2.24, 2.45) is 0 Å². The SMILES string of the molecule is CCOC(=O)c1ccc(O[B]Oc2ccc(C(=O)OCC)c(F)c2)cc1F. The quantitative estimate of drug-likeness (QED) is 0.519. The molecule has 27 heavy (non-hydrogen) atoms. The van der Waals surface area contributed by atoms with Crippen LogP contribution in [-0.2, 0) is 9.47 Å². The Kier molecular flexibility index (Phi) is 7.16. The summed E-state index contributed by atoms with van der Waals surface area (Å²) in [6.45, 7) is 3.48. The van der Waals surface area contributed by atoms with Gasteiger partial charge in [-0.1, -0.05) is 0 Å². The molecule has 0 unspecified atom stereocenters. The van der Waals surface area contributed by atoms with Gasteiger partial charge in [-0.15, -0.1) is 0 Å². The molecule has 2 rings (SSSR count). The lowest BCUT2D eigenvalue weighted by atomic mass is 10.2. The molecule has 0 amide bonds. The van der Waals surface area contributed by atoms with Crippen molar-refractivity contribution in [3.8, 4) is 11.5 Å². The highest BCUT2D eigenvalue weighted by Gasteiger charge is 2.16. The third-order valence-electron chi connectivity index (χ3n) is 3.24. The van der Waals surface area contributed by atoms with Crippen LogP contribution in [0.1, 0.15) is 34.6 Å². The summed E-state index contributed by atoms with van der Waals surface area (Å²) in [4.78, 5) is 23.0. The highest BCUT2D eigenvalue weighted by atomic mass is 19.1. The fraction of sp³-hybridized carbons (Fsp3) is 0.222. The zero-order chi connectivity index (χ0) is 19.8. The lowest BCUT2D eigenvalue weighted by molar-refractivity contribution is 0.0511. The van der Waals surface area contributed by atoms with E-state index >= 15 is 0 Å². The van der Waals surface area contributed by atoms with Crippen molar-refractivity contribution >= 4 is 19.6 Å². The van der Waals surface area contributed by atoms with Crippen molar-refractivity contribution in [3.05, 3.63) is 59.2 Å². The Morgan fingerprint density at radius 2 is 1.22 bits per heavy atom. The maximum absolute atomic E-state index is 13.9. The first-order valence-corrected chi connectivity index (χ1v) is 8.04. The van der Waals surface area contributed by atoms with E-state index in [2.05, 4.69) is 0 Å². The molecule has 2 aromatic rings. The Morgan fingerprint density at radius 3 is 1.56 bits per heavy atom. The van der Waals surface area contributed by atoms with Crippen molar-refractivity contribution in [1.29, 1.82) is 0 Å². The van der Waals surface area contributed by atoms with Gasteiger partial charge < -0.3 is 18.8 Å². The fourth-order valence-electron chi connectivity index (χ4n) is 2.02. The average Bonchev–Trinajstić information content (AvgIpc) is 2.62. The molecule has 6 nitrogen and oxygen atoms in total. The molecule has 0 aliphatic carbocycles. The molecule has 0 atom stereocenters. The van der Waals surface area contributed by atoms with Gasteiger partial charge in [-0.3, -0.25) is 0 Å². The Labute approximate surface area is 155 Å². The fourth-order valence-corrected chi connectivity index (χ4v) is 2.02. The molecule has 0 aliphatic rings. The van der Waals surface area contributed by atoms with Gasteiger partial charge in [0.05, 0.1) is 24.3 Å². The van der Waals surface area contributed by atoms with Gasteiger partial charge in [0.1, 0.15) is 23.1 Å². The second-order valence-corrected chi connectivity index (χ2v) is 5.06. The summed E-state index contributed by atoms with van der Waals surface area (Å²) in [7, 11) is 0.859. The summed E-state index contributed by atoms with van der Waals surface area (Å²) in [5.41, 5.74) is -0.441. The number of ether oxygens (including phenoxy) is 2. The van der Waals surface area contributed by atoms with Gasteiger partial charge in [0, 0.05) is 12.1 Å². The summed E-state index contributed by atoms with van der Waals surface area (Å²) in [6.07, 6.45) is 0.